The fraction of sp³-hybridized carbons (Fsp3) is 0.241. The number of rotatable bonds is 9. The van der Waals surface area contributed by atoms with Crippen molar-refractivity contribution in [3.8, 4) is 17.3 Å². The minimum Gasteiger partial charge on any atom is -0.509 e. The number of hydrogen-bond donors (Lipinski definition) is 0. The van der Waals surface area contributed by atoms with Crippen LogP contribution in [0, 0.1) is 18.8 Å². The van der Waals surface area contributed by atoms with E-state index in [1.807, 2.05) is 30.5 Å². The van der Waals surface area contributed by atoms with E-state index in [1.165, 1.54) is 33.2 Å². The summed E-state index contributed by atoms with van der Waals surface area (Å²) in [6, 6.07) is 57.3. The quantitative estimate of drug-likeness (QED) is 0.135. The van der Waals surface area contributed by atoms with Crippen LogP contribution in [0.5, 0.6) is 11.5 Å². The fourth-order valence-electron chi connectivity index (χ4n) is 8.62. The monoisotopic (exact) mass is 1020 g/mol. The molecular formula is C58H57N4OPt-3. The van der Waals surface area contributed by atoms with Crippen molar-refractivity contribution in [1.82, 2.24) is 9.55 Å². The first kappa shape index (κ1) is 44.7. The maximum Gasteiger partial charge on any atom is 0.135 e. The van der Waals surface area contributed by atoms with Crippen molar-refractivity contribution in [2.24, 2.45) is 0 Å². The molecule has 1 aliphatic rings. The van der Waals surface area contributed by atoms with Crippen molar-refractivity contribution >= 4 is 33.2 Å². The summed E-state index contributed by atoms with van der Waals surface area (Å²) in [5.41, 5.74) is 10.9. The maximum absolute atomic E-state index is 6.77. The van der Waals surface area contributed by atoms with Crippen LogP contribution in [0.3, 0.4) is 0 Å². The summed E-state index contributed by atoms with van der Waals surface area (Å²) in [5.74, 6) is 2.08. The molecule has 0 spiro atoms. The Hall–Kier alpha value is -5.90. The van der Waals surface area contributed by atoms with E-state index in [4.69, 9.17) is 9.72 Å². The Morgan fingerprint density at radius 2 is 1.11 bits per heavy atom. The van der Waals surface area contributed by atoms with Crippen molar-refractivity contribution < 1.29 is 25.8 Å². The summed E-state index contributed by atoms with van der Waals surface area (Å²) in [5, 5.41) is 2.27. The second kappa shape index (κ2) is 16.9. The van der Waals surface area contributed by atoms with Gasteiger partial charge in [0.25, 0.3) is 0 Å². The average molecular weight is 1020 g/mol. The largest absolute Gasteiger partial charge is 0.509 e. The normalized spacial score (nSPS) is 13.5. The molecule has 5 nitrogen and oxygen atoms in total. The number of hydrogen-bond acceptors (Lipinski definition) is 4. The minimum atomic E-state index is -0.232. The van der Waals surface area contributed by atoms with Crippen LogP contribution in [0.25, 0.3) is 27.6 Å². The molecule has 0 fully saturated rings. The van der Waals surface area contributed by atoms with Gasteiger partial charge < -0.3 is 19.1 Å². The molecule has 0 atom stereocenters. The number of ether oxygens (including phenoxy) is 1. The molecule has 1 aliphatic heterocycles. The number of benzene rings is 6. The topological polar surface area (TPSA) is 33.5 Å². The Morgan fingerprint density at radius 3 is 1.70 bits per heavy atom. The van der Waals surface area contributed by atoms with E-state index in [2.05, 4.69) is 230 Å². The third-order valence-corrected chi connectivity index (χ3v) is 12.9. The summed E-state index contributed by atoms with van der Waals surface area (Å²) in [7, 11) is 0. The zero-order valence-electron chi connectivity index (χ0n) is 38.6. The van der Waals surface area contributed by atoms with Gasteiger partial charge in [0.1, 0.15) is 5.82 Å². The van der Waals surface area contributed by atoms with E-state index in [9.17, 15) is 0 Å². The SMILES string of the molecule is CC(C)(C)c1cc(Oc2[c-]c3c(cc2)c2cc(C(C)(C)C)ccc2n3-c2ccccn2)[c-]c(N2C=CN(c3cc(C(C)(C)c4ccccc4)cc(C(C)(C)c4ccccc4)c3)[CH-]2)c1.[Pt]. The maximum atomic E-state index is 6.77. The van der Waals surface area contributed by atoms with E-state index < -0.39 is 0 Å². The van der Waals surface area contributed by atoms with Gasteiger partial charge in [-0.15, -0.1) is 53.6 Å². The second-order valence-electron chi connectivity index (χ2n) is 20.0. The van der Waals surface area contributed by atoms with Crippen LogP contribution >= 0.6 is 0 Å². The summed E-state index contributed by atoms with van der Waals surface area (Å²) < 4.78 is 8.95. The molecule has 0 amide bonds. The molecular weight excluding hydrogens is 964 g/mol. The molecule has 328 valence electrons. The smallest absolute Gasteiger partial charge is 0.135 e. The van der Waals surface area contributed by atoms with Gasteiger partial charge in [-0.25, -0.2) is 4.98 Å². The summed E-state index contributed by atoms with van der Waals surface area (Å²) in [6.07, 6.45) is 6.08. The van der Waals surface area contributed by atoms with Gasteiger partial charge in [-0.2, -0.15) is 6.07 Å². The molecule has 0 aliphatic carbocycles. The van der Waals surface area contributed by atoms with Crippen LogP contribution < -0.4 is 14.5 Å². The van der Waals surface area contributed by atoms with Crippen LogP contribution in [0.4, 0.5) is 11.4 Å². The van der Waals surface area contributed by atoms with E-state index in [-0.39, 0.29) is 42.7 Å². The van der Waals surface area contributed by atoms with Gasteiger partial charge >= 0.3 is 0 Å². The first-order valence-corrected chi connectivity index (χ1v) is 22.0. The molecule has 0 saturated heterocycles. The van der Waals surface area contributed by atoms with Crippen molar-refractivity contribution in [3.05, 3.63) is 210 Å². The standard InChI is InChI=1S/C58H57N4O.Pt/c1-55(2,3)42-24-27-52-51(36-42)50-26-25-48(38-53(50)62(52)54-23-17-18-28-59-54)63-49-35-43(56(4,5)6)32-47(37-49)61-30-29-60(39-61)46-33-44(57(7,8)40-19-13-11-14-20-40)31-45(34-46)58(9,10)41-21-15-12-16-22-41;/h11-36,39H,1-10H3;/q-3;. The van der Waals surface area contributed by atoms with Crippen molar-refractivity contribution in [1.29, 1.82) is 0 Å². The Kier molecular flexibility index (Phi) is 11.8. The third kappa shape index (κ3) is 8.55. The molecule has 0 saturated carbocycles. The van der Waals surface area contributed by atoms with Gasteiger partial charge in [-0.1, -0.05) is 160 Å². The molecule has 8 aromatic rings. The Balaban J connectivity index is 0.00000560. The molecule has 2 aromatic heterocycles. The average Bonchev–Trinajstić information content (AvgIpc) is 3.90. The molecule has 0 bridgehead atoms. The van der Waals surface area contributed by atoms with Gasteiger partial charge in [-0.3, -0.25) is 0 Å². The molecule has 3 heterocycles. The van der Waals surface area contributed by atoms with Gasteiger partial charge in [0.05, 0.1) is 0 Å². The molecule has 0 unspecified atom stereocenters. The second-order valence-corrected chi connectivity index (χ2v) is 20.0. The summed E-state index contributed by atoms with van der Waals surface area (Å²) >= 11 is 0. The summed E-state index contributed by atoms with van der Waals surface area (Å²) in [4.78, 5) is 9.12. The van der Waals surface area contributed by atoms with E-state index in [0.717, 1.165) is 39.2 Å². The summed E-state index contributed by atoms with van der Waals surface area (Å²) in [6.45, 7) is 24.9. The van der Waals surface area contributed by atoms with Crippen molar-refractivity contribution in [2.45, 2.75) is 90.9 Å². The Bertz CT molecular complexity index is 2900. The van der Waals surface area contributed by atoms with E-state index >= 15 is 0 Å². The molecule has 9 rings (SSSR count). The van der Waals surface area contributed by atoms with Crippen LogP contribution in [-0.2, 0) is 42.7 Å². The van der Waals surface area contributed by atoms with Gasteiger partial charge in [0.15, 0.2) is 0 Å². The van der Waals surface area contributed by atoms with Crippen molar-refractivity contribution in [3.63, 3.8) is 0 Å². The van der Waals surface area contributed by atoms with Gasteiger partial charge in [0, 0.05) is 60.8 Å². The Labute approximate surface area is 394 Å². The van der Waals surface area contributed by atoms with Crippen LogP contribution in [-0.4, -0.2) is 9.55 Å². The molecule has 0 radical (unpaired) electrons. The molecule has 64 heavy (non-hydrogen) atoms. The minimum absolute atomic E-state index is 0. The van der Waals surface area contributed by atoms with E-state index in [0.29, 0.717) is 11.5 Å². The third-order valence-electron chi connectivity index (χ3n) is 12.9. The predicted octanol–water partition coefficient (Wildman–Crippen LogP) is 14.7. The first-order valence-electron chi connectivity index (χ1n) is 22.0. The zero-order valence-corrected chi connectivity index (χ0v) is 40.9. The van der Waals surface area contributed by atoms with E-state index in [1.54, 1.807) is 0 Å². The fourth-order valence-corrected chi connectivity index (χ4v) is 8.62. The van der Waals surface area contributed by atoms with Gasteiger partial charge in [0.2, 0.25) is 0 Å². The first-order chi connectivity index (χ1) is 30.0. The molecule has 6 heteroatoms. The molecule has 0 N–H and O–H groups in total. The Morgan fingerprint density at radius 1 is 0.500 bits per heavy atom. The predicted molar refractivity (Wildman–Crippen MR) is 262 cm³/mol. The molecule has 6 aromatic carbocycles. The van der Waals surface area contributed by atoms with Crippen molar-refractivity contribution in [2.75, 3.05) is 9.80 Å². The van der Waals surface area contributed by atoms with Crippen LogP contribution in [0.15, 0.2) is 158 Å². The van der Waals surface area contributed by atoms with Crippen LogP contribution in [0.2, 0.25) is 0 Å². The number of fused-ring (bicyclic) bond motifs is 3. The number of pyridine rings is 1. The van der Waals surface area contributed by atoms with Crippen LogP contribution in [0.1, 0.15) is 103 Å². The number of aromatic nitrogens is 2. The van der Waals surface area contributed by atoms with Gasteiger partial charge in [-0.05, 0) is 86.8 Å². The number of anilines is 2. The number of nitrogens with zero attached hydrogens (tertiary/aromatic N) is 4. The zero-order chi connectivity index (χ0) is 44.3.